The van der Waals surface area contributed by atoms with Crippen LogP contribution in [0.1, 0.15) is 24.2 Å². The van der Waals surface area contributed by atoms with Gasteiger partial charge in [0.2, 0.25) is 0 Å². The first-order chi connectivity index (χ1) is 10.0. The molecule has 1 heterocycles. The van der Waals surface area contributed by atoms with E-state index in [4.69, 9.17) is 0 Å². The average Bonchev–Trinajstić information content (AvgIpc) is 2.48. The molecule has 0 aliphatic carbocycles. The lowest BCUT2D eigenvalue weighted by atomic mass is 10.2. The number of hydrogen-bond donors (Lipinski definition) is 2. The van der Waals surface area contributed by atoms with E-state index in [1.54, 1.807) is 12.4 Å². The zero-order valence-corrected chi connectivity index (χ0v) is 13.6. The molecule has 1 amide bonds. The van der Waals surface area contributed by atoms with Gasteiger partial charge in [-0.25, -0.2) is 0 Å². The summed E-state index contributed by atoms with van der Waals surface area (Å²) in [5.74, 6) is 0.364. The Hall–Kier alpha value is -1.88. The molecule has 0 unspecified atom stereocenters. The first-order valence-electron chi connectivity index (χ1n) is 6.80. The van der Waals surface area contributed by atoms with E-state index < -0.39 is 0 Å². The molecule has 4 nitrogen and oxygen atoms in total. The minimum atomic E-state index is -0.169. The minimum Gasteiger partial charge on any atom is -0.384 e. The number of hydrogen-bond acceptors (Lipinski definition) is 3. The van der Waals surface area contributed by atoms with Crippen molar-refractivity contribution in [1.82, 2.24) is 4.98 Å². The average molecular weight is 348 g/mol. The topological polar surface area (TPSA) is 54.0 Å². The predicted molar refractivity (Wildman–Crippen MR) is 89.7 cm³/mol. The Morgan fingerprint density at radius 1 is 1.19 bits per heavy atom. The normalized spacial score (nSPS) is 10.5. The molecule has 110 valence electrons. The number of pyridine rings is 1. The summed E-state index contributed by atoms with van der Waals surface area (Å²) in [6, 6.07) is 9.26. The molecule has 1 aromatic carbocycles. The van der Waals surface area contributed by atoms with Gasteiger partial charge >= 0.3 is 0 Å². The Kier molecular flexibility index (Phi) is 5.33. The minimum absolute atomic E-state index is 0.169. The molecule has 0 saturated carbocycles. The molecule has 0 bridgehead atoms. The van der Waals surface area contributed by atoms with Crippen molar-refractivity contribution < 1.29 is 4.79 Å². The summed E-state index contributed by atoms with van der Waals surface area (Å²) in [6.07, 6.45) is 3.29. The number of carbonyl (C=O) groups excluding carboxylic acids is 1. The molecule has 0 saturated heterocycles. The Balaban J connectivity index is 2.05. The van der Waals surface area contributed by atoms with Gasteiger partial charge in [0.15, 0.2) is 0 Å². The van der Waals surface area contributed by atoms with Crippen LogP contribution in [0.3, 0.4) is 0 Å². The molecule has 0 fully saturated rings. The number of rotatable bonds is 5. The van der Waals surface area contributed by atoms with Crippen LogP contribution in [-0.4, -0.2) is 17.4 Å². The van der Waals surface area contributed by atoms with E-state index in [0.717, 1.165) is 22.4 Å². The lowest BCUT2D eigenvalue weighted by molar-refractivity contribution is 0.102. The first kappa shape index (κ1) is 15.5. The van der Waals surface area contributed by atoms with Crippen LogP contribution >= 0.6 is 15.9 Å². The zero-order chi connectivity index (χ0) is 15.2. The van der Waals surface area contributed by atoms with E-state index in [9.17, 15) is 4.79 Å². The van der Waals surface area contributed by atoms with E-state index >= 15 is 0 Å². The third-order valence-corrected chi connectivity index (χ3v) is 3.35. The van der Waals surface area contributed by atoms with Crippen molar-refractivity contribution in [2.75, 3.05) is 17.2 Å². The number of amides is 1. The maximum atomic E-state index is 12.2. The third-order valence-electron chi connectivity index (χ3n) is 2.82. The maximum Gasteiger partial charge on any atom is 0.257 e. The number of aromatic nitrogens is 1. The standard InChI is InChI=1S/C16H18BrN3O/c1-11(2)8-19-15-7-12(9-18-10-15)16(21)20-14-5-3-13(17)4-6-14/h3-7,9-11,19H,8H2,1-2H3,(H,20,21). The molecule has 1 aromatic heterocycles. The van der Waals surface area contributed by atoms with Gasteiger partial charge < -0.3 is 10.6 Å². The second kappa shape index (κ2) is 7.22. The largest absolute Gasteiger partial charge is 0.384 e. The number of nitrogens with zero attached hydrogens (tertiary/aromatic N) is 1. The highest BCUT2D eigenvalue weighted by Gasteiger charge is 2.07. The van der Waals surface area contributed by atoms with Gasteiger partial charge in [-0.1, -0.05) is 29.8 Å². The molecule has 0 radical (unpaired) electrons. The Morgan fingerprint density at radius 3 is 2.57 bits per heavy atom. The number of nitrogens with one attached hydrogen (secondary N) is 2. The number of benzene rings is 1. The van der Waals surface area contributed by atoms with Crippen molar-refractivity contribution >= 4 is 33.2 Å². The highest BCUT2D eigenvalue weighted by atomic mass is 79.9. The summed E-state index contributed by atoms with van der Waals surface area (Å²) in [5.41, 5.74) is 2.14. The van der Waals surface area contributed by atoms with Crippen molar-refractivity contribution in [1.29, 1.82) is 0 Å². The van der Waals surface area contributed by atoms with Gasteiger partial charge in [-0.3, -0.25) is 9.78 Å². The van der Waals surface area contributed by atoms with Crippen molar-refractivity contribution in [3.05, 3.63) is 52.8 Å². The van der Waals surface area contributed by atoms with E-state index in [-0.39, 0.29) is 5.91 Å². The summed E-state index contributed by atoms with van der Waals surface area (Å²) in [7, 11) is 0. The summed E-state index contributed by atoms with van der Waals surface area (Å²) >= 11 is 3.36. The van der Waals surface area contributed by atoms with E-state index in [1.165, 1.54) is 0 Å². The van der Waals surface area contributed by atoms with Crippen LogP contribution in [0.2, 0.25) is 0 Å². The van der Waals surface area contributed by atoms with Crippen LogP contribution in [0, 0.1) is 5.92 Å². The number of carbonyl (C=O) groups is 1. The number of anilines is 2. The second-order valence-corrected chi connectivity index (χ2v) is 6.11. The summed E-state index contributed by atoms with van der Waals surface area (Å²) in [6.45, 7) is 5.11. The molecule has 21 heavy (non-hydrogen) atoms. The van der Waals surface area contributed by atoms with Gasteiger partial charge in [-0.2, -0.15) is 0 Å². The Bertz CT molecular complexity index is 611. The van der Waals surface area contributed by atoms with Gasteiger partial charge in [-0.05, 0) is 36.2 Å². The van der Waals surface area contributed by atoms with E-state index in [2.05, 4.69) is 45.4 Å². The molecule has 5 heteroatoms. The third kappa shape index (κ3) is 4.86. The SMILES string of the molecule is CC(C)CNc1cncc(C(=O)Nc2ccc(Br)cc2)c1. The van der Waals surface area contributed by atoms with E-state index in [0.29, 0.717) is 11.5 Å². The van der Waals surface area contributed by atoms with Crippen molar-refractivity contribution in [2.24, 2.45) is 5.92 Å². The second-order valence-electron chi connectivity index (χ2n) is 5.20. The summed E-state index contributed by atoms with van der Waals surface area (Å²) in [5, 5.41) is 6.11. The number of halogens is 1. The van der Waals surface area contributed by atoms with Crippen LogP contribution < -0.4 is 10.6 Å². The van der Waals surface area contributed by atoms with Gasteiger partial charge in [0.05, 0.1) is 11.3 Å². The van der Waals surface area contributed by atoms with Crippen LogP contribution in [0.25, 0.3) is 0 Å². The highest BCUT2D eigenvalue weighted by molar-refractivity contribution is 9.10. The molecule has 0 aliphatic rings. The molecular weight excluding hydrogens is 330 g/mol. The van der Waals surface area contributed by atoms with E-state index in [1.807, 2.05) is 30.3 Å². The Morgan fingerprint density at radius 2 is 1.90 bits per heavy atom. The summed E-state index contributed by atoms with van der Waals surface area (Å²) in [4.78, 5) is 16.3. The van der Waals surface area contributed by atoms with Crippen LogP contribution in [0.4, 0.5) is 11.4 Å². The lowest BCUT2D eigenvalue weighted by Crippen LogP contribution is -2.13. The predicted octanol–water partition coefficient (Wildman–Crippen LogP) is 4.16. The smallest absolute Gasteiger partial charge is 0.257 e. The molecule has 2 N–H and O–H groups in total. The fraction of sp³-hybridized carbons (Fsp3) is 0.250. The van der Waals surface area contributed by atoms with Crippen molar-refractivity contribution in [3.8, 4) is 0 Å². The molecular formula is C16H18BrN3O. The molecule has 0 atom stereocenters. The fourth-order valence-corrected chi connectivity index (χ4v) is 1.98. The van der Waals surface area contributed by atoms with Crippen LogP contribution in [0.5, 0.6) is 0 Å². The van der Waals surface area contributed by atoms with Crippen molar-refractivity contribution in [3.63, 3.8) is 0 Å². The molecule has 0 spiro atoms. The zero-order valence-electron chi connectivity index (χ0n) is 12.1. The van der Waals surface area contributed by atoms with Crippen LogP contribution in [-0.2, 0) is 0 Å². The van der Waals surface area contributed by atoms with Gasteiger partial charge in [0, 0.05) is 29.1 Å². The monoisotopic (exact) mass is 347 g/mol. The highest BCUT2D eigenvalue weighted by Crippen LogP contribution is 2.16. The lowest BCUT2D eigenvalue weighted by Gasteiger charge is -2.10. The van der Waals surface area contributed by atoms with Gasteiger partial charge in [0.1, 0.15) is 0 Å². The molecule has 2 aromatic rings. The van der Waals surface area contributed by atoms with Crippen LogP contribution in [0.15, 0.2) is 47.2 Å². The maximum absolute atomic E-state index is 12.2. The summed E-state index contributed by atoms with van der Waals surface area (Å²) < 4.78 is 0.974. The fourth-order valence-electron chi connectivity index (χ4n) is 1.72. The van der Waals surface area contributed by atoms with Gasteiger partial charge in [0.25, 0.3) is 5.91 Å². The first-order valence-corrected chi connectivity index (χ1v) is 7.60. The van der Waals surface area contributed by atoms with Gasteiger partial charge in [-0.15, -0.1) is 0 Å². The molecule has 2 rings (SSSR count). The Labute approximate surface area is 133 Å². The van der Waals surface area contributed by atoms with Crippen molar-refractivity contribution in [2.45, 2.75) is 13.8 Å². The molecule has 0 aliphatic heterocycles. The quantitative estimate of drug-likeness (QED) is 0.853.